The van der Waals surface area contributed by atoms with Crippen molar-refractivity contribution in [1.82, 2.24) is 15.1 Å². The van der Waals surface area contributed by atoms with Gasteiger partial charge < -0.3 is 14.8 Å². The molecule has 44 heavy (non-hydrogen) atoms. The average molecular weight is 617 g/mol. The summed E-state index contributed by atoms with van der Waals surface area (Å²) in [4.78, 5) is 28.9. The van der Waals surface area contributed by atoms with Crippen molar-refractivity contribution in [3.8, 4) is 17.2 Å². The normalized spacial score (nSPS) is 15.0. The molecular formula is C34H37FN4O4S. The van der Waals surface area contributed by atoms with Gasteiger partial charge in [-0.1, -0.05) is 50.6 Å². The Morgan fingerprint density at radius 1 is 1.05 bits per heavy atom. The number of methoxy groups -OCH3 is 2. The molecule has 1 aromatic heterocycles. The van der Waals surface area contributed by atoms with Crippen molar-refractivity contribution in [1.29, 1.82) is 0 Å². The van der Waals surface area contributed by atoms with Gasteiger partial charge in [0.2, 0.25) is 11.8 Å². The van der Waals surface area contributed by atoms with Gasteiger partial charge in [-0.15, -0.1) is 11.8 Å². The summed E-state index contributed by atoms with van der Waals surface area (Å²) < 4.78 is 26.6. The van der Waals surface area contributed by atoms with E-state index in [1.807, 2.05) is 49.4 Å². The molecule has 0 saturated heterocycles. The summed E-state index contributed by atoms with van der Waals surface area (Å²) in [7, 11) is 3.24. The van der Waals surface area contributed by atoms with Crippen molar-refractivity contribution in [2.24, 2.45) is 0 Å². The third kappa shape index (κ3) is 6.45. The Morgan fingerprint density at radius 3 is 2.39 bits per heavy atom. The van der Waals surface area contributed by atoms with Gasteiger partial charge in [0.1, 0.15) is 29.7 Å². The second-order valence-electron chi connectivity index (χ2n) is 11.8. The topological polar surface area (TPSA) is 85.7 Å². The first kappa shape index (κ1) is 31.1. The average Bonchev–Trinajstić information content (AvgIpc) is 3.34. The predicted molar refractivity (Wildman–Crippen MR) is 171 cm³/mol. The largest absolute Gasteiger partial charge is 0.497 e. The van der Waals surface area contributed by atoms with Crippen molar-refractivity contribution in [3.63, 3.8) is 0 Å². The van der Waals surface area contributed by atoms with Crippen LogP contribution in [0.5, 0.6) is 11.5 Å². The maximum absolute atomic E-state index is 14.0. The molecule has 1 unspecified atom stereocenters. The van der Waals surface area contributed by atoms with Crippen molar-refractivity contribution in [3.05, 3.63) is 100 Å². The van der Waals surface area contributed by atoms with E-state index in [0.717, 1.165) is 33.6 Å². The summed E-state index contributed by atoms with van der Waals surface area (Å²) in [5, 5.41) is 7.68. The first-order valence-electron chi connectivity index (χ1n) is 14.4. The van der Waals surface area contributed by atoms with Gasteiger partial charge in [0.15, 0.2) is 0 Å². The quantitative estimate of drug-likeness (QED) is 0.257. The number of aryl methyl sites for hydroxylation is 1. The number of hydrogen-bond acceptors (Lipinski definition) is 6. The standard InChI is InChI=1S/C34H37FN4O4S/c1-21-7-13-24(14-8-21)39-33-30(32(37-39)34(2,3)4)31(26-17-25(42-5)15-16-27(26)43-6)44-20-29(41)38(33)19-28(40)36-18-22-9-11-23(35)12-10-22/h7-17,31H,18-20H2,1-6H3,(H,36,40). The molecule has 0 aliphatic carbocycles. The number of rotatable bonds is 8. The van der Waals surface area contributed by atoms with E-state index in [2.05, 4.69) is 26.1 Å². The molecule has 1 N–H and O–H groups in total. The van der Waals surface area contributed by atoms with Crippen LogP contribution in [0.15, 0.2) is 66.7 Å². The molecule has 0 radical (unpaired) electrons. The number of nitrogens with zero attached hydrogens (tertiary/aromatic N) is 3. The van der Waals surface area contributed by atoms with Crippen LogP contribution in [-0.2, 0) is 21.5 Å². The second kappa shape index (κ2) is 12.7. The highest BCUT2D eigenvalue weighted by atomic mass is 32.2. The first-order valence-corrected chi connectivity index (χ1v) is 15.4. The number of amides is 2. The third-order valence-electron chi connectivity index (χ3n) is 7.50. The molecule has 1 aliphatic heterocycles. The van der Waals surface area contributed by atoms with E-state index in [9.17, 15) is 14.0 Å². The maximum Gasteiger partial charge on any atom is 0.240 e. The lowest BCUT2D eigenvalue weighted by atomic mass is 9.87. The number of carbonyl (C=O) groups excluding carboxylic acids is 2. The predicted octanol–water partition coefficient (Wildman–Crippen LogP) is 6.12. The molecule has 4 aromatic rings. The molecule has 0 spiro atoms. The summed E-state index contributed by atoms with van der Waals surface area (Å²) in [5.74, 6) is 1.09. The number of ether oxygens (including phenoxy) is 2. The summed E-state index contributed by atoms with van der Waals surface area (Å²) in [6.45, 7) is 8.27. The molecule has 8 nitrogen and oxygen atoms in total. The number of anilines is 1. The molecule has 10 heteroatoms. The number of benzene rings is 3. The van der Waals surface area contributed by atoms with Crippen LogP contribution in [0, 0.1) is 12.7 Å². The fourth-order valence-corrected chi connectivity index (χ4v) is 6.44. The fourth-order valence-electron chi connectivity index (χ4n) is 5.23. The van der Waals surface area contributed by atoms with Crippen molar-refractivity contribution in [2.75, 3.05) is 31.4 Å². The highest BCUT2D eigenvalue weighted by Crippen LogP contribution is 2.50. The van der Waals surface area contributed by atoms with Gasteiger partial charge in [-0.3, -0.25) is 14.5 Å². The van der Waals surface area contributed by atoms with E-state index in [0.29, 0.717) is 17.3 Å². The molecular weight excluding hydrogens is 579 g/mol. The van der Waals surface area contributed by atoms with Crippen molar-refractivity contribution in [2.45, 2.75) is 44.9 Å². The van der Waals surface area contributed by atoms with Gasteiger partial charge in [0.25, 0.3) is 0 Å². The lowest BCUT2D eigenvalue weighted by Gasteiger charge is -2.25. The summed E-state index contributed by atoms with van der Waals surface area (Å²) >= 11 is 1.47. The summed E-state index contributed by atoms with van der Waals surface area (Å²) in [6.07, 6.45) is 0. The molecule has 3 aromatic carbocycles. The number of thioether (sulfide) groups is 1. The number of hydrogen-bond donors (Lipinski definition) is 1. The second-order valence-corrected chi connectivity index (χ2v) is 12.9. The van der Waals surface area contributed by atoms with Crippen LogP contribution in [0.25, 0.3) is 5.69 Å². The highest BCUT2D eigenvalue weighted by molar-refractivity contribution is 8.00. The number of nitrogens with one attached hydrogen (secondary N) is 1. The number of fused-ring (bicyclic) bond motifs is 1. The van der Waals surface area contributed by atoms with Crippen LogP contribution >= 0.6 is 11.8 Å². The van der Waals surface area contributed by atoms with Crippen molar-refractivity contribution < 1.29 is 23.5 Å². The Hall–Kier alpha value is -4.31. The molecule has 0 fully saturated rings. The van der Waals surface area contributed by atoms with Crippen LogP contribution in [0.3, 0.4) is 0 Å². The molecule has 5 rings (SSSR count). The van der Waals surface area contributed by atoms with Crippen LogP contribution in [0.4, 0.5) is 10.2 Å². The number of aromatic nitrogens is 2. The van der Waals surface area contributed by atoms with E-state index in [1.54, 1.807) is 31.0 Å². The van der Waals surface area contributed by atoms with Gasteiger partial charge in [0, 0.05) is 23.1 Å². The van der Waals surface area contributed by atoms with Gasteiger partial charge in [0.05, 0.1) is 36.6 Å². The Balaban J connectivity index is 1.67. The summed E-state index contributed by atoms with van der Waals surface area (Å²) in [5.41, 5.74) is 4.70. The van der Waals surface area contributed by atoms with Gasteiger partial charge >= 0.3 is 0 Å². The Labute approximate surface area is 261 Å². The number of halogens is 1. The molecule has 230 valence electrons. The van der Waals surface area contributed by atoms with Crippen LogP contribution in [0.1, 0.15) is 54.0 Å². The molecule has 2 heterocycles. The monoisotopic (exact) mass is 616 g/mol. The zero-order chi connectivity index (χ0) is 31.6. The van der Waals surface area contributed by atoms with Gasteiger partial charge in [-0.25, -0.2) is 9.07 Å². The zero-order valence-electron chi connectivity index (χ0n) is 25.8. The Morgan fingerprint density at radius 2 is 1.75 bits per heavy atom. The Bertz CT molecular complexity index is 1660. The zero-order valence-corrected chi connectivity index (χ0v) is 26.6. The lowest BCUT2D eigenvalue weighted by molar-refractivity contribution is -0.123. The van der Waals surface area contributed by atoms with Gasteiger partial charge in [-0.05, 0) is 55.0 Å². The van der Waals surface area contributed by atoms with Crippen LogP contribution in [-0.4, -0.2) is 48.1 Å². The molecule has 0 saturated carbocycles. The first-order chi connectivity index (χ1) is 21.0. The van der Waals surface area contributed by atoms with E-state index < -0.39 is 5.41 Å². The Kier molecular flexibility index (Phi) is 9.01. The smallest absolute Gasteiger partial charge is 0.240 e. The van der Waals surface area contributed by atoms with E-state index in [-0.39, 0.29) is 41.7 Å². The van der Waals surface area contributed by atoms with E-state index >= 15 is 0 Å². The van der Waals surface area contributed by atoms with Gasteiger partial charge in [-0.2, -0.15) is 5.10 Å². The minimum atomic E-state index is -0.408. The minimum Gasteiger partial charge on any atom is -0.497 e. The maximum atomic E-state index is 14.0. The van der Waals surface area contributed by atoms with E-state index in [1.165, 1.54) is 28.8 Å². The number of carbonyl (C=O) groups is 2. The lowest BCUT2D eigenvalue weighted by Crippen LogP contribution is -2.42. The molecule has 2 amide bonds. The molecule has 1 aliphatic rings. The third-order valence-corrected chi connectivity index (χ3v) is 8.74. The minimum absolute atomic E-state index is 0.127. The fraction of sp³-hybridized carbons (Fsp3) is 0.324. The molecule has 0 bridgehead atoms. The van der Waals surface area contributed by atoms with Crippen LogP contribution < -0.4 is 19.7 Å². The van der Waals surface area contributed by atoms with E-state index in [4.69, 9.17) is 14.6 Å². The highest BCUT2D eigenvalue weighted by Gasteiger charge is 2.40. The SMILES string of the molecule is COc1ccc(OC)c(C2SCC(=O)N(CC(=O)NCc3ccc(F)cc3)c3c2c(C(C)(C)C)nn3-c2ccc(C)cc2)c1. The summed E-state index contributed by atoms with van der Waals surface area (Å²) in [6, 6.07) is 19.5. The van der Waals surface area contributed by atoms with Crippen LogP contribution in [0.2, 0.25) is 0 Å². The van der Waals surface area contributed by atoms with Crippen molar-refractivity contribution >= 4 is 29.4 Å². The molecule has 1 atom stereocenters.